The van der Waals surface area contributed by atoms with E-state index in [9.17, 15) is 4.39 Å². The van der Waals surface area contributed by atoms with Crippen LogP contribution >= 0.6 is 46.4 Å². The molecule has 0 aliphatic rings. The average Bonchev–Trinajstić information content (AvgIpc) is 2.32. The Balaban J connectivity index is 2.16. The van der Waals surface area contributed by atoms with Crippen molar-refractivity contribution in [3.05, 3.63) is 61.8 Å². The van der Waals surface area contributed by atoms with Crippen molar-refractivity contribution in [2.45, 2.75) is 6.54 Å². The van der Waals surface area contributed by atoms with Gasteiger partial charge in [-0.15, -0.1) is 0 Å². The van der Waals surface area contributed by atoms with E-state index in [0.717, 1.165) is 5.56 Å². The smallest absolute Gasteiger partial charge is 0.141 e. The summed E-state index contributed by atoms with van der Waals surface area (Å²) in [5, 5.41) is 4.45. The minimum Gasteiger partial charge on any atom is -0.379 e. The monoisotopic (exact) mass is 337 g/mol. The lowest BCUT2D eigenvalue weighted by atomic mass is 10.2. The Hall–Kier alpha value is -0.670. The highest BCUT2D eigenvalue weighted by atomic mass is 35.5. The minimum atomic E-state index is -0.451. The molecule has 100 valence electrons. The number of hydrogen-bond acceptors (Lipinski definition) is 1. The van der Waals surface area contributed by atoms with Crippen molar-refractivity contribution >= 4 is 52.1 Å². The van der Waals surface area contributed by atoms with Crippen LogP contribution in [0.2, 0.25) is 20.1 Å². The van der Waals surface area contributed by atoms with E-state index in [1.165, 1.54) is 6.07 Å². The molecule has 0 amide bonds. The molecule has 6 heteroatoms. The fourth-order valence-corrected chi connectivity index (χ4v) is 2.70. The first-order chi connectivity index (χ1) is 8.97. The number of benzene rings is 2. The molecule has 0 bridgehead atoms. The van der Waals surface area contributed by atoms with E-state index in [0.29, 0.717) is 27.3 Å². The Labute approximate surface area is 130 Å². The molecule has 1 N–H and O–H groups in total. The van der Waals surface area contributed by atoms with E-state index >= 15 is 0 Å². The zero-order chi connectivity index (χ0) is 14.0. The van der Waals surface area contributed by atoms with E-state index in [2.05, 4.69) is 5.32 Å². The summed E-state index contributed by atoms with van der Waals surface area (Å²) in [6.45, 7) is 0.418. The molecule has 2 rings (SSSR count). The zero-order valence-electron chi connectivity index (χ0n) is 9.48. The molecule has 0 aromatic heterocycles. The molecule has 2 aromatic carbocycles. The Morgan fingerprint density at radius 3 is 2.11 bits per heavy atom. The van der Waals surface area contributed by atoms with Gasteiger partial charge in [-0.2, -0.15) is 0 Å². The highest BCUT2D eigenvalue weighted by Gasteiger charge is 2.08. The van der Waals surface area contributed by atoms with E-state index in [-0.39, 0.29) is 5.02 Å². The molecule has 0 aliphatic carbocycles. The number of rotatable bonds is 3. The second-order valence-corrected chi connectivity index (χ2v) is 5.50. The van der Waals surface area contributed by atoms with Crippen LogP contribution < -0.4 is 5.32 Å². The third-order valence-electron chi connectivity index (χ3n) is 2.46. The summed E-state index contributed by atoms with van der Waals surface area (Å²) in [5.74, 6) is -0.451. The lowest BCUT2D eigenvalue weighted by Crippen LogP contribution is -2.01. The molecule has 0 atom stereocenters. The van der Waals surface area contributed by atoms with Gasteiger partial charge >= 0.3 is 0 Å². The van der Waals surface area contributed by atoms with Crippen LogP contribution in [0.3, 0.4) is 0 Å². The molecule has 0 fully saturated rings. The molecule has 0 unspecified atom stereocenters. The first-order valence-electron chi connectivity index (χ1n) is 5.29. The summed E-state index contributed by atoms with van der Waals surface area (Å²) >= 11 is 23.6. The molecule has 2 aromatic rings. The fraction of sp³-hybridized carbons (Fsp3) is 0.0769. The van der Waals surface area contributed by atoms with Crippen LogP contribution in [0.25, 0.3) is 0 Å². The van der Waals surface area contributed by atoms with Gasteiger partial charge in [0.2, 0.25) is 0 Å². The predicted molar refractivity (Wildman–Crippen MR) is 80.2 cm³/mol. The van der Waals surface area contributed by atoms with Gasteiger partial charge in [0.15, 0.2) is 0 Å². The van der Waals surface area contributed by atoms with Crippen LogP contribution in [0.15, 0.2) is 30.3 Å². The van der Waals surface area contributed by atoms with Gasteiger partial charge in [0.05, 0.1) is 20.8 Å². The first-order valence-corrected chi connectivity index (χ1v) is 6.81. The van der Waals surface area contributed by atoms with Gasteiger partial charge in [0, 0.05) is 11.6 Å². The molecule has 0 spiro atoms. The number of hydrogen-bond donors (Lipinski definition) is 1. The standard InChI is InChI=1S/C13H8Cl4FN/c14-8-4-10(16)13(11(17)5-8)19-6-7-1-2-12(18)9(15)3-7/h1-5,19H,6H2. The Bertz CT molecular complexity index is 593. The maximum atomic E-state index is 13.0. The summed E-state index contributed by atoms with van der Waals surface area (Å²) in [6, 6.07) is 7.67. The lowest BCUT2D eigenvalue weighted by Gasteiger charge is -2.11. The minimum absolute atomic E-state index is 0.0765. The molecule has 0 saturated carbocycles. The number of anilines is 1. The van der Waals surface area contributed by atoms with Crippen molar-refractivity contribution in [3.8, 4) is 0 Å². The van der Waals surface area contributed by atoms with Crippen molar-refractivity contribution in [1.29, 1.82) is 0 Å². The van der Waals surface area contributed by atoms with Crippen LogP contribution in [0, 0.1) is 5.82 Å². The van der Waals surface area contributed by atoms with Crippen molar-refractivity contribution in [2.75, 3.05) is 5.32 Å². The van der Waals surface area contributed by atoms with Gasteiger partial charge in [-0.25, -0.2) is 4.39 Å². The van der Waals surface area contributed by atoms with Crippen molar-refractivity contribution in [3.63, 3.8) is 0 Å². The van der Waals surface area contributed by atoms with Gasteiger partial charge in [0.25, 0.3) is 0 Å². The molecule has 0 radical (unpaired) electrons. The normalized spacial score (nSPS) is 10.6. The topological polar surface area (TPSA) is 12.0 Å². The van der Waals surface area contributed by atoms with E-state index < -0.39 is 5.82 Å². The van der Waals surface area contributed by atoms with Crippen LogP contribution in [-0.2, 0) is 6.54 Å². The first kappa shape index (κ1) is 14.7. The molecular weight excluding hydrogens is 331 g/mol. The number of nitrogens with one attached hydrogen (secondary N) is 1. The summed E-state index contributed by atoms with van der Waals surface area (Å²) in [5.41, 5.74) is 1.39. The maximum absolute atomic E-state index is 13.0. The molecule has 0 heterocycles. The van der Waals surface area contributed by atoms with Crippen molar-refractivity contribution in [1.82, 2.24) is 0 Å². The van der Waals surface area contributed by atoms with E-state index in [4.69, 9.17) is 46.4 Å². The molecule has 0 aliphatic heterocycles. The Morgan fingerprint density at radius 1 is 0.895 bits per heavy atom. The van der Waals surface area contributed by atoms with Crippen LogP contribution in [0.4, 0.5) is 10.1 Å². The van der Waals surface area contributed by atoms with Gasteiger partial charge in [-0.05, 0) is 29.8 Å². The highest BCUT2D eigenvalue weighted by molar-refractivity contribution is 6.41. The van der Waals surface area contributed by atoms with Crippen LogP contribution in [0.1, 0.15) is 5.56 Å². The average molecular weight is 339 g/mol. The van der Waals surface area contributed by atoms with Crippen LogP contribution in [0.5, 0.6) is 0 Å². The van der Waals surface area contributed by atoms with Crippen molar-refractivity contribution < 1.29 is 4.39 Å². The zero-order valence-corrected chi connectivity index (χ0v) is 12.5. The lowest BCUT2D eigenvalue weighted by molar-refractivity contribution is 0.627. The molecule has 19 heavy (non-hydrogen) atoms. The second kappa shape index (κ2) is 6.19. The summed E-state index contributed by atoms with van der Waals surface area (Å²) in [6.07, 6.45) is 0. The van der Waals surface area contributed by atoms with Gasteiger partial charge in [0.1, 0.15) is 5.82 Å². The van der Waals surface area contributed by atoms with E-state index in [1.54, 1.807) is 24.3 Å². The van der Waals surface area contributed by atoms with Crippen molar-refractivity contribution in [2.24, 2.45) is 0 Å². The maximum Gasteiger partial charge on any atom is 0.141 e. The quantitative estimate of drug-likeness (QED) is 0.718. The molecular formula is C13H8Cl4FN. The Morgan fingerprint density at radius 2 is 1.53 bits per heavy atom. The summed E-state index contributed by atoms with van der Waals surface area (Å²) < 4.78 is 13.0. The van der Waals surface area contributed by atoms with Gasteiger partial charge in [-0.1, -0.05) is 52.5 Å². The fourth-order valence-electron chi connectivity index (χ4n) is 1.55. The molecule has 0 saturated heterocycles. The summed E-state index contributed by atoms with van der Waals surface area (Å²) in [7, 11) is 0. The third-order valence-corrected chi connectivity index (χ3v) is 3.56. The predicted octanol–water partition coefficient (Wildman–Crippen LogP) is 6.05. The van der Waals surface area contributed by atoms with E-state index in [1.807, 2.05) is 0 Å². The largest absolute Gasteiger partial charge is 0.379 e. The second-order valence-electron chi connectivity index (χ2n) is 3.85. The Kier molecular flexibility index (Phi) is 4.80. The highest BCUT2D eigenvalue weighted by Crippen LogP contribution is 2.34. The van der Waals surface area contributed by atoms with Gasteiger partial charge < -0.3 is 5.32 Å². The third kappa shape index (κ3) is 3.67. The number of halogens is 5. The van der Waals surface area contributed by atoms with Gasteiger partial charge in [-0.3, -0.25) is 0 Å². The summed E-state index contributed by atoms with van der Waals surface area (Å²) in [4.78, 5) is 0. The van der Waals surface area contributed by atoms with Crippen LogP contribution in [-0.4, -0.2) is 0 Å². The molecule has 1 nitrogen and oxygen atoms in total. The SMILES string of the molecule is Fc1ccc(CNc2c(Cl)cc(Cl)cc2Cl)cc1Cl.